The van der Waals surface area contributed by atoms with Gasteiger partial charge in [-0.3, -0.25) is 4.79 Å². The van der Waals surface area contributed by atoms with E-state index in [-0.39, 0.29) is 12.8 Å². The molecule has 0 rings (SSSR count). The predicted octanol–water partition coefficient (Wildman–Crippen LogP) is 0.680. The fourth-order valence-electron chi connectivity index (χ4n) is 1.05. The van der Waals surface area contributed by atoms with Crippen molar-refractivity contribution in [2.45, 2.75) is 38.4 Å². The molecule has 4 nitrogen and oxygen atoms in total. The van der Waals surface area contributed by atoms with Gasteiger partial charge in [0.2, 0.25) is 0 Å². The third-order valence-corrected chi connectivity index (χ3v) is 1.91. The van der Waals surface area contributed by atoms with Gasteiger partial charge in [0.1, 0.15) is 0 Å². The van der Waals surface area contributed by atoms with Crippen LogP contribution in [0.4, 0.5) is 0 Å². The maximum absolute atomic E-state index is 10.9. The minimum Gasteiger partial charge on any atom is -0.466 e. The predicted molar refractivity (Wildman–Crippen MR) is 53.2 cm³/mol. The Hall–Kier alpha value is -0.320. The normalized spacial score (nSPS) is 14.9. The van der Waals surface area contributed by atoms with Crippen LogP contribution in [-0.2, 0) is 9.53 Å². The average Bonchev–Trinajstić information content (AvgIpc) is 2.03. The summed E-state index contributed by atoms with van der Waals surface area (Å²) < 4.78 is 4.65. The number of aliphatic hydroxyl groups excluding tert-OH is 2. The summed E-state index contributed by atoms with van der Waals surface area (Å²) in [5.41, 5.74) is 0. The summed E-state index contributed by atoms with van der Waals surface area (Å²) in [6.45, 7) is 2.00. The molecule has 84 valence electrons. The van der Waals surface area contributed by atoms with Gasteiger partial charge in [-0.25, -0.2) is 0 Å². The van der Waals surface area contributed by atoms with Crippen LogP contribution in [0.1, 0.15) is 26.2 Å². The lowest BCUT2D eigenvalue weighted by molar-refractivity contribution is -0.145. The number of alkyl halides is 1. The Morgan fingerprint density at radius 3 is 2.57 bits per heavy atom. The number of carbonyl (C=O) groups excluding carboxylic acids is 1. The van der Waals surface area contributed by atoms with E-state index in [4.69, 9.17) is 11.6 Å². The molecule has 2 N–H and O–H groups in total. The van der Waals surface area contributed by atoms with Crippen molar-refractivity contribution in [3.8, 4) is 0 Å². The molecule has 0 aromatic heterocycles. The molecule has 0 radical (unpaired) electrons. The molecule has 0 aromatic rings. The first-order valence-corrected chi connectivity index (χ1v) is 5.21. The van der Waals surface area contributed by atoms with Gasteiger partial charge in [-0.05, 0) is 19.8 Å². The topological polar surface area (TPSA) is 66.8 Å². The number of hydrogen-bond donors (Lipinski definition) is 2. The molecule has 0 saturated heterocycles. The molecular formula is C9H17ClO4. The van der Waals surface area contributed by atoms with Crippen LogP contribution >= 0.6 is 11.6 Å². The van der Waals surface area contributed by atoms with E-state index in [0.717, 1.165) is 0 Å². The average molecular weight is 225 g/mol. The molecule has 0 heterocycles. The highest BCUT2D eigenvalue weighted by atomic mass is 35.5. The van der Waals surface area contributed by atoms with Gasteiger partial charge in [0.25, 0.3) is 0 Å². The van der Waals surface area contributed by atoms with Gasteiger partial charge in [-0.1, -0.05) is 0 Å². The van der Waals surface area contributed by atoms with E-state index in [1.54, 1.807) is 6.92 Å². The van der Waals surface area contributed by atoms with Gasteiger partial charge in [0.15, 0.2) is 0 Å². The Kier molecular flexibility index (Phi) is 7.84. The Morgan fingerprint density at radius 2 is 2.07 bits per heavy atom. The molecule has 5 heteroatoms. The van der Waals surface area contributed by atoms with Gasteiger partial charge < -0.3 is 14.9 Å². The molecule has 0 saturated carbocycles. The first-order valence-electron chi connectivity index (χ1n) is 4.67. The fraction of sp³-hybridized carbons (Fsp3) is 0.889. The van der Waals surface area contributed by atoms with Gasteiger partial charge in [-0.2, -0.15) is 0 Å². The monoisotopic (exact) mass is 224 g/mol. The summed E-state index contributed by atoms with van der Waals surface area (Å²) >= 11 is 5.40. The van der Waals surface area contributed by atoms with Crippen molar-refractivity contribution in [1.82, 2.24) is 0 Å². The SMILES string of the molecule is CCOC(=O)CC(O)C[C@@H](O)CCCl. The molecule has 1 unspecified atom stereocenters. The number of carbonyl (C=O) groups is 1. The van der Waals surface area contributed by atoms with E-state index in [1.165, 1.54) is 0 Å². The van der Waals surface area contributed by atoms with E-state index in [0.29, 0.717) is 18.9 Å². The third kappa shape index (κ3) is 7.12. The van der Waals surface area contributed by atoms with Gasteiger partial charge in [-0.15, -0.1) is 11.6 Å². The van der Waals surface area contributed by atoms with Crippen LogP contribution in [0.2, 0.25) is 0 Å². The quantitative estimate of drug-likeness (QED) is 0.493. The Bertz CT molecular complexity index is 163. The second-order valence-electron chi connectivity index (χ2n) is 3.03. The Labute approximate surface area is 88.8 Å². The minimum absolute atomic E-state index is 0.0762. The Balaban J connectivity index is 3.63. The van der Waals surface area contributed by atoms with E-state index >= 15 is 0 Å². The number of ether oxygens (including phenoxy) is 1. The molecule has 0 aliphatic heterocycles. The van der Waals surface area contributed by atoms with Crippen molar-refractivity contribution in [3.05, 3.63) is 0 Å². The zero-order valence-electron chi connectivity index (χ0n) is 8.28. The van der Waals surface area contributed by atoms with Crippen molar-refractivity contribution < 1.29 is 19.7 Å². The van der Waals surface area contributed by atoms with Crippen LogP contribution in [0.25, 0.3) is 0 Å². The molecule has 0 aliphatic rings. The molecule has 0 fully saturated rings. The van der Waals surface area contributed by atoms with Gasteiger partial charge >= 0.3 is 5.97 Å². The summed E-state index contributed by atoms with van der Waals surface area (Å²) in [4.78, 5) is 10.9. The van der Waals surface area contributed by atoms with Gasteiger partial charge in [0, 0.05) is 5.88 Å². The lowest BCUT2D eigenvalue weighted by Gasteiger charge is -2.13. The number of hydrogen-bond acceptors (Lipinski definition) is 4. The fourth-order valence-corrected chi connectivity index (χ4v) is 1.31. The summed E-state index contributed by atoms with van der Waals surface area (Å²) in [6.07, 6.45) is -1.01. The highest BCUT2D eigenvalue weighted by molar-refractivity contribution is 6.17. The molecule has 14 heavy (non-hydrogen) atoms. The standard InChI is InChI=1S/C9H17ClO4/c1-2-14-9(13)6-8(12)5-7(11)3-4-10/h7-8,11-12H,2-6H2,1H3/t7-,8?/m0/s1. The van der Waals surface area contributed by atoms with Crippen molar-refractivity contribution in [3.63, 3.8) is 0 Å². The van der Waals surface area contributed by atoms with Crippen LogP contribution in [0.3, 0.4) is 0 Å². The minimum atomic E-state index is -0.854. The highest BCUT2D eigenvalue weighted by Crippen LogP contribution is 2.07. The molecule has 0 amide bonds. The lowest BCUT2D eigenvalue weighted by atomic mass is 10.1. The highest BCUT2D eigenvalue weighted by Gasteiger charge is 2.15. The first-order chi connectivity index (χ1) is 6.60. The second-order valence-corrected chi connectivity index (χ2v) is 3.41. The zero-order chi connectivity index (χ0) is 11.0. The third-order valence-electron chi connectivity index (χ3n) is 1.69. The van der Waals surface area contributed by atoms with Crippen LogP contribution in [0.5, 0.6) is 0 Å². The lowest BCUT2D eigenvalue weighted by Crippen LogP contribution is -2.22. The van der Waals surface area contributed by atoms with E-state index in [1.807, 2.05) is 0 Å². The second kappa shape index (κ2) is 8.03. The molecule has 2 atom stereocenters. The molecule has 0 bridgehead atoms. The van der Waals surface area contributed by atoms with Crippen molar-refractivity contribution in [1.29, 1.82) is 0 Å². The summed E-state index contributed by atoms with van der Waals surface area (Å²) in [6, 6.07) is 0. The molecular weight excluding hydrogens is 208 g/mol. The van der Waals surface area contributed by atoms with E-state index in [2.05, 4.69) is 4.74 Å². The maximum Gasteiger partial charge on any atom is 0.308 e. The number of aliphatic hydroxyl groups is 2. The largest absolute Gasteiger partial charge is 0.466 e. The van der Waals surface area contributed by atoms with E-state index < -0.39 is 18.2 Å². The van der Waals surface area contributed by atoms with Gasteiger partial charge in [0.05, 0.1) is 25.2 Å². The van der Waals surface area contributed by atoms with Crippen LogP contribution in [0, 0.1) is 0 Å². The molecule has 0 aromatic carbocycles. The van der Waals surface area contributed by atoms with Crippen molar-refractivity contribution in [2.75, 3.05) is 12.5 Å². The smallest absolute Gasteiger partial charge is 0.308 e. The Morgan fingerprint density at radius 1 is 1.43 bits per heavy atom. The summed E-state index contributed by atoms with van der Waals surface area (Å²) in [5.74, 6) is -0.106. The molecule has 0 aliphatic carbocycles. The zero-order valence-corrected chi connectivity index (χ0v) is 9.04. The van der Waals surface area contributed by atoms with Crippen LogP contribution in [-0.4, -0.2) is 40.9 Å². The summed E-state index contributed by atoms with van der Waals surface area (Å²) in [7, 11) is 0. The van der Waals surface area contributed by atoms with Crippen LogP contribution in [0.15, 0.2) is 0 Å². The number of esters is 1. The maximum atomic E-state index is 10.9. The summed E-state index contributed by atoms with van der Waals surface area (Å²) in [5, 5.41) is 18.6. The van der Waals surface area contributed by atoms with Crippen molar-refractivity contribution in [2.24, 2.45) is 0 Å². The number of rotatable bonds is 7. The first kappa shape index (κ1) is 13.7. The van der Waals surface area contributed by atoms with Crippen LogP contribution < -0.4 is 0 Å². The number of halogens is 1. The molecule has 0 spiro atoms. The van der Waals surface area contributed by atoms with E-state index in [9.17, 15) is 15.0 Å². The van der Waals surface area contributed by atoms with Crippen molar-refractivity contribution >= 4 is 17.6 Å².